The molecule has 10 heteroatoms. The zero-order chi connectivity index (χ0) is 30.3. The van der Waals surface area contributed by atoms with Crippen molar-refractivity contribution >= 4 is 27.5 Å². The van der Waals surface area contributed by atoms with Gasteiger partial charge in [0.05, 0.1) is 11.4 Å². The molecule has 224 valence electrons. The third-order valence-corrected chi connectivity index (χ3v) is 8.84. The first-order chi connectivity index (χ1) is 20.1. The zero-order valence-corrected chi connectivity index (χ0v) is 25.4. The van der Waals surface area contributed by atoms with Crippen LogP contribution in [0.2, 0.25) is 0 Å². The van der Waals surface area contributed by atoms with Gasteiger partial charge < -0.3 is 19.7 Å². The molecule has 3 aromatic rings. The molecule has 1 N–H and O–H groups in total. The Bertz CT molecular complexity index is 1490. The van der Waals surface area contributed by atoms with Gasteiger partial charge in [-0.2, -0.15) is 0 Å². The van der Waals surface area contributed by atoms with E-state index in [1.807, 2.05) is 75.4 Å². The molecule has 0 aromatic heterocycles. The van der Waals surface area contributed by atoms with E-state index in [0.29, 0.717) is 24.7 Å². The van der Waals surface area contributed by atoms with Crippen LogP contribution >= 0.6 is 0 Å². The maximum absolute atomic E-state index is 14.3. The Morgan fingerprint density at radius 1 is 0.929 bits per heavy atom. The summed E-state index contributed by atoms with van der Waals surface area (Å²) in [5, 5.41) is 2.96. The lowest BCUT2D eigenvalue weighted by Gasteiger charge is -2.34. The molecule has 0 radical (unpaired) electrons. The molecule has 42 heavy (non-hydrogen) atoms. The number of sulfonamides is 1. The number of amides is 2. The van der Waals surface area contributed by atoms with Crippen molar-refractivity contribution in [2.24, 2.45) is 0 Å². The van der Waals surface area contributed by atoms with Crippen LogP contribution in [0, 0.1) is 6.92 Å². The van der Waals surface area contributed by atoms with Gasteiger partial charge in [-0.05, 0) is 56.5 Å². The predicted molar refractivity (Wildman–Crippen MR) is 163 cm³/mol. The molecule has 0 bridgehead atoms. The van der Waals surface area contributed by atoms with Crippen LogP contribution in [-0.2, 0) is 32.6 Å². The molecule has 0 saturated heterocycles. The van der Waals surface area contributed by atoms with Crippen LogP contribution < -0.4 is 19.1 Å². The molecule has 1 aliphatic rings. The lowest BCUT2D eigenvalue weighted by molar-refractivity contribution is -0.140. The summed E-state index contributed by atoms with van der Waals surface area (Å²) < 4.78 is 39.1. The Balaban J connectivity index is 1.76. The van der Waals surface area contributed by atoms with Gasteiger partial charge in [-0.3, -0.25) is 13.9 Å². The first-order valence-corrected chi connectivity index (χ1v) is 15.8. The molecule has 2 amide bonds. The summed E-state index contributed by atoms with van der Waals surface area (Å²) in [6, 6.07) is 20.9. The topological polar surface area (TPSA) is 105 Å². The van der Waals surface area contributed by atoms with Gasteiger partial charge in [0.15, 0.2) is 11.5 Å². The van der Waals surface area contributed by atoms with Crippen molar-refractivity contribution in [2.45, 2.75) is 52.7 Å². The third kappa shape index (κ3) is 7.61. The summed E-state index contributed by atoms with van der Waals surface area (Å²) in [5.41, 5.74) is 3.00. The molecule has 0 saturated carbocycles. The van der Waals surface area contributed by atoms with E-state index in [1.54, 1.807) is 18.2 Å². The summed E-state index contributed by atoms with van der Waals surface area (Å²) in [6.45, 7) is 7.59. The molecule has 0 spiro atoms. The molecular weight excluding hydrogens is 554 g/mol. The minimum absolute atomic E-state index is 0.135. The van der Waals surface area contributed by atoms with Crippen LogP contribution in [0.5, 0.6) is 11.5 Å². The summed E-state index contributed by atoms with van der Waals surface area (Å²) in [5.74, 6) is -0.0875. The van der Waals surface area contributed by atoms with E-state index in [2.05, 4.69) is 5.32 Å². The predicted octanol–water partition coefficient (Wildman–Crippen LogP) is 4.09. The van der Waals surface area contributed by atoms with Gasteiger partial charge >= 0.3 is 0 Å². The summed E-state index contributed by atoms with van der Waals surface area (Å²) >= 11 is 0. The minimum Gasteiger partial charge on any atom is -0.486 e. The van der Waals surface area contributed by atoms with E-state index in [4.69, 9.17) is 9.47 Å². The van der Waals surface area contributed by atoms with Gasteiger partial charge in [0.1, 0.15) is 25.8 Å². The highest BCUT2D eigenvalue weighted by Crippen LogP contribution is 2.35. The van der Waals surface area contributed by atoms with Crippen molar-refractivity contribution in [3.8, 4) is 11.5 Å². The van der Waals surface area contributed by atoms with Crippen molar-refractivity contribution < 1.29 is 27.5 Å². The molecule has 1 aliphatic heterocycles. The zero-order valence-electron chi connectivity index (χ0n) is 24.6. The molecule has 4 rings (SSSR count). The molecule has 1 heterocycles. The second-order valence-corrected chi connectivity index (χ2v) is 12.7. The first kappa shape index (κ1) is 30.9. The van der Waals surface area contributed by atoms with Crippen molar-refractivity contribution in [2.75, 3.05) is 29.8 Å². The van der Waals surface area contributed by atoms with E-state index in [1.165, 1.54) is 11.8 Å². The summed E-state index contributed by atoms with van der Waals surface area (Å²) in [7, 11) is -3.88. The maximum atomic E-state index is 14.3. The molecular formula is C32H39N3O6S. The fraction of sp³-hybridized carbons (Fsp3) is 0.375. The third-order valence-electron chi connectivity index (χ3n) is 7.10. The number of rotatable bonds is 12. The average molecular weight is 594 g/mol. The fourth-order valence-corrected chi connectivity index (χ4v) is 5.87. The number of carbonyl (C=O) groups is 2. The standard InChI is InChI=1S/C32H39N3O6S/c1-5-42(38,39)35(27-15-16-29-30(20-27)41-18-17-40-29)22-31(36)34(21-26-14-10-9-11-24(26)4)28(32(37)33-23(2)3)19-25-12-7-6-8-13-25/h6-16,20,23,28H,5,17-19,21-22H2,1-4H3,(H,33,37)/t28-/m0/s1. The van der Waals surface area contributed by atoms with Gasteiger partial charge in [0.2, 0.25) is 21.8 Å². The number of nitrogens with zero attached hydrogens (tertiary/aromatic N) is 2. The fourth-order valence-electron chi connectivity index (χ4n) is 4.81. The second kappa shape index (κ2) is 13.7. The van der Waals surface area contributed by atoms with Crippen molar-refractivity contribution in [3.63, 3.8) is 0 Å². The number of anilines is 1. The van der Waals surface area contributed by atoms with E-state index in [9.17, 15) is 18.0 Å². The molecule has 0 aliphatic carbocycles. The maximum Gasteiger partial charge on any atom is 0.244 e. The summed E-state index contributed by atoms with van der Waals surface area (Å²) in [6.07, 6.45) is 0.265. The van der Waals surface area contributed by atoms with E-state index < -0.39 is 28.5 Å². The number of carbonyl (C=O) groups excluding carboxylic acids is 2. The van der Waals surface area contributed by atoms with Crippen LogP contribution in [0.3, 0.4) is 0 Å². The van der Waals surface area contributed by atoms with Gasteiger partial charge in [0, 0.05) is 25.1 Å². The Hall–Kier alpha value is -4.05. The van der Waals surface area contributed by atoms with Crippen LogP contribution in [0.4, 0.5) is 5.69 Å². The molecule has 9 nitrogen and oxygen atoms in total. The second-order valence-electron chi connectivity index (χ2n) is 10.6. The highest BCUT2D eigenvalue weighted by molar-refractivity contribution is 7.92. The molecule has 1 atom stereocenters. The summed E-state index contributed by atoms with van der Waals surface area (Å²) in [4.78, 5) is 29.5. The van der Waals surface area contributed by atoms with Crippen molar-refractivity contribution in [1.29, 1.82) is 0 Å². The number of hydrogen-bond donors (Lipinski definition) is 1. The van der Waals surface area contributed by atoms with E-state index in [0.717, 1.165) is 21.0 Å². The number of ether oxygens (including phenoxy) is 2. The highest BCUT2D eigenvalue weighted by atomic mass is 32.2. The molecule has 0 unspecified atom stereocenters. The Morgan fingerprint density at radius 3 is 2.26 bits per heavy atom. The Labute approximate surface area is 248 Å². The highest BCUT2D eigenvalue weighted by Gasteiger charge is 2.34. The van der Waals surface area contributed by atoms with Crippen LogP contribution in [0.15, 0.2) is 72.8 Å². The van der Waals surface area contributed by atoms with Gasteiger partial charge in [-0.25, -0.2) is 8.42 Å². The number of hydrogen-bond acceptors (Lipinski definition) is 6. The lowest BCUT2D eigenvalue weighted by atomic mass is 10.0. The first-order valence-electron chi connectivity index (χ1n) is 14.2. The number of fused-ring (bicyclic) bond motifs is 1. The quantitative estimate of drug-likeness (QED) is 0.339. The Morgan fingerprint density at radius 2 is 1.60 bits per heavy atom. The molecule has 0 fully saturated rings. The van der Waals surface area contributed by atoms with Crippen molar-refractivity contribution in [1.82, 2.24) is 10.2 Å². The van der Waals surface area contributed by atoms with Gasteiger partial charge in [-0.1, -0.05) is 54.6 Å². The SMILES string of the molecule is CCS(=O)(=O)N(CC(=O)N(Cc1ccccc1C)[C@@H](Cc1ccccc1)C(=O)NC(C)C)c1ccc2c(c1)OCCO2. The van der Waals surface area contributed by atoms with E-state index >= 15 is 0 Å². The number of nitrogens with one attached hydrogen (secondary N) is 1. The van der Waals surface area contributed by atoms with Crippen molar-refractivity contribution in [3.05, 3.63) is 89.5 Å². The van der Waals surface area contributed by atoms with Gasteiger partial charge in [0.25, 0.3) is 0 Å². The van der Waals surface area contributed by atoms with Crippen LogP contribution in [0.1, 0.15) is 37.5 Å². The number of benzene rings is 3. The van der Waals surface area contributed by atoms with Crippen LogP contribution in [0.25, 0.3) is 0 Å². The van der Waals surface area contributed by atoms with E-state index in [-0.39, 0.29) is 36.4 Å². The normalized spacial score (nSPS) is 13.4. The lowest BCUT2D eigenvalue weighted by Crippen LogP contribution is -2.54. The largest absolute Gasteiger partial charge is 0.486 e. The monoisotopic (exact) mass is 593 g/mol. The Kier molecular flexibility index (Phi) is 10.1. The van der Waals surface area contributed by atoms with Gasteiger partial charge in [-0.15, -0.1) is 0 Å². The number of aryl methyl sites for hydroxylation is 1. The smallest absolute Gasteiger partial charge is 0.244 e. The molecule has 3 aromatic carbocycles. The minimum atomic E-state index is -3.88. The average Bonchev–Trinajstić information content (AvgIpc) is 2.98. The van der Waals surface area contributed by atoms with Crippen LogP contribution in [-0.4, -0.2) is 62.7 Å².